The Morgan fingerprint density at radius 2 is 2.42 bits per heavy atom. The first-order chi connectivity index (χ1) is 9.24. The van der Waals surface area contributed by atoms with Gasteiger partial charge in [0.1, 0.15) is 5.52 Å². The van der Waals surface area contributed by atoms with Crippen molar-refractivity contribution in [3.05, 3.63) is 23.8 Å². The zero-order valence-corrected chi connectivity index (χ0v) is 10.5. The van der Waals surface area contributed by atoms with E-state index in [0.717, 1.165) is 36.9 Å². The molecule has 0 saturated carbocycles. The molecule has 0 bridgehead atoms. The van der Waals surface area contributed by atoms with Gasteiger partial charge < -0.3 is 9.84 Å². The van der Waals surface area contributed by atoms with Crippen molar-refractivity contribution in [3.8, 4) is 0 Å². The maximum Gasteiger partial charge on any atom is 0.335 e. The minimum atomic E-state index is -0.936. The van der Waals surface area contributed by atoms with Crippen LogP contribution in [-0.2, 0) is 11.3 Å². The number of rotatable bonds is 4. The van der Waals surface area contributed by atoms with Gasteiger partial charge in [0.2, 0.25) is 0 Å². The lowest BCUT2D eigenvalue weighted by Gasteiger charge is -2.09. The number of carboxylic acids is 1. The van der Waals surface area contributed by atoms with E-state index in [1.807, 2.05) is 0 Å². The molecule has 6 nitrogen and oxygen atoms in total. The molecule has 1 aromatic carbocycles. The van der Waals surface area contributed by atoms with Gasteiger partial charge in [-0.1, -0.05) is 5.21 Å². The molecule has 3 rings (SSSR count). The lowest BCUT2D eigenvalue weighted by atomic mass is 10.1. The zero-order chi connectivity index (χ0) is 13.2. The Kier molecular flexibility index (Phi) is 3.16. The van der Waals surface area contributed by atoms with Crippen LogP contribution in [-0.4, -0.2) is 38.8 Å². The van der Waals surface area contributed by atoms with Crippen LogP contribution in [0.3, 0.4) is 0 Å². The number of hydrogen-bond acceptors (Lipinski definition) is 4. The first-order valence-electron chi connectivity index (χ1n) is 6.42. The topological polar surface area (TPSA) is 77.2 Å². The maximum absolute atomic E-state index is 11.0. The molecule has 2 aromatic rings. The third-order valence-corrected chi connectivity index (χ3v) is 3.45. The SMILES string of the molecule is O=C(O)c1ccc2nnn(CCC3CCCO3)c2c1. The molecule has 1 aliphatic heterocycles. The van der Waals surface area contributed by atoms with Gasteiger partial charge in [0.15, 0.2) is 0 Å². The second-order valence-corrected chi connectivity index (χ2v) is 4.74. The van der Waals surface area contributed by atoms with Crippen LogP contribution in [0.25, 0.3) is 11.0 Å². The molecule has 1 fully saturated rings. The number of carbonyl (C=O) groups is 1. The van der Waals surface area contributed by atoms with E-state index in [2.05, 4.69) is 10.3 Å². The molecule has 1 saturated heterocycles. The van der Waals surface area contributed by atoms with Gasteiger partial charge in [0.25, 0.3) is 0 Å². The smallest absolute Gasteiger partial charge is 0.335 e. The van der Waals surface area contributed by atoms with Crippen molar-refractivity contribution in [1.82, 2.24) is 15.0 Å². The number of benzene rings is 1. The number of aryl methyl sites for hydroxylation is 1. The fraction of sp³-hybridized carbons (Fsp3) is 0.462. The summed E-state index contributed by atoms with van der Waals surface area (Å²) in [4.78, 5) is 11.0. The fourth-order valence-electron chi connectivity index (χ4n) is 2.40. The predicted octanol–water partition coefficient (Wildman–Crippen LogP) is 1.70. The summed E-state index contributed by atoms with van der Waals surface area (Å²) >= 11 is 0. The van der Waals surface area contributed by atoms with Crippen LogP contribution in [0.5, 0.6) is 0 Å². The van der Waals surface area contributed by atoms with Crippen molar-refractivity contribution in [2.75, 3.05) is 6.61 Å². The molecule has 0 spiro atoms. The standard InChI is InChI=1S/C13H15N3O3/c17-13(18)9-3-4-11-12(8-9)16(15-14-11)6-5-10-2-1-7-19-10/h3-4,8,10H,1-2,5-7H2,(H,17,18). The molecule has 1 aliphatic rings. The van der Waals surface area contributed by atoms with Crippen LogP contribution in [0.1, 0.15) is 29.6 Å². The first-order valence-corrected chi connectivity index (χ1v) is 6.42. The maximum atomic E-state index is 11.0. The summed E-state index contributed by atoms with van der Waals surface area (Å²) in [5.41, 5.74) is 1.74. The van der Waals surface area contributed by atoms with E-state index in [0.29, 0.717) is 12.6 Å². The number of fused-ring (bicyclic) bond motifs is 1. The van der Waals surface area contributed by atoms with Crippen LogP contribution >= 0.6 is 0 Å². The quantitative estimate of drug-likeness (QED) is 0.906. The molecular weight excluding hydrogens is 246 g/mol. The average Bonchev–Trinajstić information content (AvgIpc) is 3.05. The number of hydrogen-bond donors (Lipinski definition) is 1. The van der Waals surface area contributed by atoms with Crippen LogP contribution in [0.15, 0.2) is 18.2 Å². The second kappa shape index (κ2) is 4.97. The summed E-state index contributed by atoms with van der Waals surface area (Å²) in [5.74, 6) is -0.936. The normalized spacial score (nSPS) is 19.1. The summed E-state index contributed by atoms with van der Waals surface area (Å²) < 4.78 is 7.32. The van der Waals surface area contributed by atoms with E-state index in [1.165, 1.54) is 0 Å². The Morgan fingerprint density at radius 3 is 3.16 bits per heavy atom. The van der Waals surface area contributed by atoms with E-state index >= 15 is 0 Å². The minimum Gasteiger partial charge on any atom is -0.478 e. The first kappa shape index (κ1) is 12.1. The summed E-state index contributed by atoms with van der Waals surface area (Å²) in [5, 5.41) is 17.1. The van der Waals surface area contributed by atoms with Gasteiger partial charge in [-0.3, -0.25) is 0 Å². The number of aromatic carboxylic acids is 1. The van der Waals surface area contributed by atoms with Gasteiger partial charge in [-0.15, -0.1) is 5.10 Å². The summed E-state index contributed by atoms with van der Waals surface area (Å²) in [6.45, 7) is 1.54. The van der Waals surface area contributed by atoms with E-state index in [9.17, 15) is 4.79 Å². The monoisotopic (exact) mass is 261 g/mol. The van der Waals surface area contributed by atoms with Crippen molar-refractivity contribution < 1.29 is 14.6 Å². The van der Waals surface area contributed by atoms with Crippen LogP contribution in [0, 0.1) is 0 Å². The molecule has 1 unspecified atom stereocenters. The number of aromatic nitrogens is 3. The molecule has 19 heavy (non-hydrogen) atoms. The van der Waals surface area contributed by atoms with E-state index < -0.39 is 5.97 Å². The van der Waals surface area contributed by atoms with E-state index in [4.69, 9.17) is 9.84 Å². The van der Waals surface area contributed by atoms with Gasteiger partial charge in [-0.05, 0) is 37.5 Å². The van der Waals surface area contributed by atoms with Gasteiger partial charge >= 0.3 is 5.97 Å². The highest BCUT2D eigenvalue weighted by molar-refractivity contribution is 5.92. The number of carboxylic acid groups (broad SMARTS) is 1. The Balaban J connectivity index is 1.81. The number of ether oxygens (including phenoxy) is 1. The van der Waals surface area contributed by atoms with Gasteiger partial charge in [-0.25, -0.2) is 9.48 Å². The van der Waals surface area contributed by atoms with E-state index in [-0.39, 0.29) is 5.56 Å². The fourth-order valence-corrected chi connectivity index (χ4v) is 2.40. The van der Waals surface area contributed by atoms with Crippen molar-refractivity contribution >= 4 is 17.0 Å². The highest BCUT2D eigenvalue weighted by Crippen LogP contribution is 2.18. The third-order valence-electron chi connectivity index (χ3n) is 3.45. The Bertz CT molecular complexity index is 602. The number of nitrogens with zero attached hydrogens (tertiary/aromatic N) is 3. The van der Waals surface area contributed by atoms with Crippen molar-refractivity contribution in [1.29, 1.82) is 0 Å². The van der Waals surface area contributed by atoms with Gasteiger partial charge in [0.05, 0.1) is 17.2 Å². The Hall–Kier alpha value is -1.95. The molecule has 1 N–H and O–H groups in total. The molecule has 1 aromatic heterocycles. The highest BCUT2D eigenvalue weighted by Gasteiger charge is 2.16. The molecular formula is C13H15N3O3. The molecule has 2 heterocycles. The summed E-state index contributed by atoms with van der Waals surface area (Å²) in [6, 6.07) is 4.85. The lowest BCUT2D eigenvalue weighted by molar-refractivity contribution is 0.0697. The molecule has 6 heteroatoms. The highest BCUT2D eigenvalue weighted by atomic mass is 16.5. The summed E-state index contributed by atoms with van der Waals surface area (Å²) in [6.07, 6.45) is 3.39. The van der Waals surface area contributed by atoms with Crippen LogP contribution in [0.2, 0.25) is 0 Å². The molecule has 100 valence electrons. The summed E-state index contributed by atoms with van der Waals surface area (Å²) in [7, 11) is 0. The Labute approximate surface area is 110 Å². The molecule has 1 atom stereocenters. The van der Waals surface area contributed by atoms with Gasteiger partial charge in [0, 0.05) is 13.2 Å². The molecule has 0 aliphatic carbocycles. The molecule has 0 amide bonds. The van der Waals surface area contributed by atoms with Crippen molar-refractivity contribution in [3.63, 3.8) is 0 Å². The Morgan fingerprint density at radius 1 is 1.53 bits per heavy atom. The minimum absolute atomic E-state index is 0.258. The third kappa shape index (κ3) is 2.44. The molecule has 0 radical (unpaired) electrons. The van der Waals surface area contributed by atoms with Crippen molar-refractivity contribution in [2.24, 2.45) is 0 Å². The lowest BCUT2D eigenvalue weighted by Crippen LogP contribution is -2.11. The van der Waals surface area contributed by atoms with E-state index in [1.54, 1.807) is 22.9 Å². The predicted molar refractivity (Wildman–Crippen MR) is 68.1 cm³/mol. The van der Waals surface area contributed by atoms with Gasteiger partial charge in [-0.2, -0.15) is 0 Å². The van der Waals surface area contributed by atoms with Crippen LogP contribution < -0.4 is 0 Å². The van der Waals surface area contributed by atoms with Crippen molar-refractivity contribution in [2.45, 2.75) is 31.9 Å². The second-order valence-electron chi connectivity index (χ2n) is 4.74. The zero-order valence-electron chi connectivity index (χ0n) is 10.5. The average molecular weight is 261 g/mol. The largest absolute Gasteiger partial charge is 0.478 e. The van der Waals surface area contributed by atoms with Crippen LogP contribution in [0.4, 0.5) is 0 Å².